The lowest BCUT2D eigenvalue weighted by Gasteiger charge is -2.25. The third-order valence-corrected chi connectivity index (χ3v) is 1.80. The van der Waals surface area contributed by atoms with E-state index in [9.17, 15) is 4.79 Å². The third kappa shape index (κ3) is 2.72. The molecule has 0 aromatic carbocycles. The van der Waals surface area contributed by atoms with Crippen LogP contribution in [0.3, 0.4) is 0 Å². The number of hydrogen-bond donors (Lipinski definition) is 0. The highest BCUT2D eigenvalue weighted by molar-refractivity contribution is 5.81. The summed E-state index contributed by atoms with van der Waals surface area (Å²) >= 11 is 0. The Bertz CT molecular complexity index is 215. The molecule has 1 aliphatic rings. The van der Waals surface area contributed by atoms with Crippen LogP contribution in [0.25, 0.3) is 0 Å². The maximum Gasteiger partial charge on any atom is 0.254 e. The van der Waals surface area contributed by atoms with Crippen LogP contribution in [0.1, 0.15) is 0 Å². The van der Waals surface area contributed by atoms with Gasteiger partial charge in [-0.05, 0) is 0 Å². The molecule has 1 amide bonds. The van der Waals surface area contributed by atoms with Crippen molar-refractivity contribution in [3.63, 3.8) is 0 Å². The van der Waals surface area contributed by atoms with Crippen LogP contribution in [0.5, 0.6) is 0 Å². The second kappa shape index (κ2) is 4.85. The summed E-state index contributed by atoms with van der Waals surface area (Å²) in [4.78, 5) is 13.0. The van der Waals surface area contributed by atoms with E-state index in [1.54, 1.807) is 7.05 Å². The largest absolute Gasteiger partial charge is 0.376 e. The average molecular weight is 183 g/mol. The average Bonchev–Trinajstić information content (AvgIpc) is 2.18. The maximum absolute atomic E-state index is 11.5. The van der Waals surface area contributed by atoms with Crippen LogP contribution in [0.15, 0.2) is 0 Å². The molecule has 72 valence electrons. The molecule has 13 heavy (non-hydrogen) atoms. The smallest absolute Gasteiger partial charge is 0.254 e. The summed E-state index contributed by atoms with van der Waals surface area (Å²) in [6, 6.07) is 0. The van der Waals surface area contributed by atoms with Crippen LogP contribution < -0.4 is 0 Å². The van der Waals surface area contributed by atoms with E-state index in [0.717, 1.165) is 0 Å². The summed E-state index contributed by atoms with van der Waals surface area (Å²) in [5.41, 5.74) is 0. The summed E-state index contributed by atoms with van der Waals surface area (Å²) < 4.78 is 10.3. The van der Waals surface area contributed by atoms with E-state index in [4.69, 9.17) is 15.9 Å². The molecule has 0 bridgehead atoms. The fraction of sp³-hybridized carbons (Fsp3) is 0.667. The zero-order chi connectivity index (χ0) is 9.68. The molecule has 4 heteroatoms. The van der Waals surface area contributed by atoms with Crippen LogP contribution in [0.2, 0.25) is 0 Å². The maximum atomic E-state index is 11.5. The molecule has 4 nitrogen and oxygen atoms in total. The first-order valence-corrected chi connectivity index (χ1v) is 4.13. The summed E-state index contributed by atoms with van der Waals surface area (Å²) in [6.45, 7) is 1.66. The summed E-state index contributed by atoms with van der Waals surface area (Å²) in [6.07, 6.45) is 4.60. The minimum absolute atomic E-state index is 0.113. The number of amides is 1. The number of hydrogen-bond acceptors (Lipinski definition) is 3. The van der Waals surface area contributed by atoms with Gasteiger partial charge in [0.2, 0.25) is 0 Å². The van der Waals surface area contributed by atoms with Crippen LogP contribution in [0, 0.1) is 12.3 Å². The highest BCUT2D eigenvalue weighted by Crippen LogP contribution is 2.03. The van der Waals surface area contributed by atoms with Crippen molar-refractivity contribution in [3.8, 4) is 12.3 Å². The molecule has 1 fully saturated rings. The molecule has 0 aliphatic carbocycles. The zero-order valence-electron chi connectivity index (χ0n) is 7.66. The zero-order valence-corrected chi connectivity index (χ0v) is 7.66. The van der Waals surface area contributed by atoms with E-state index in [1.165, 1.54) is 4.90 Å². The van der Waals surface area contributed by atoms with Gasteiger partial charge in [0.1, 0.15) is 0 Å². The highest BCUT2D eigenvalue weighted by atomic mass is 16.6. The summed E-state index contributed by atoms with van der Waals surface area (Å²) in [5, 5.41) is 0. The van der Waals surface area contributed by atoms with Gasteiger partial charge >= 0.3 is 0 Å². The predicted molar refractivity (Wildman–Crippen MR) is 47.0 cm³/mol. The van der Waals surface area contributed by atoms with Crippen molar-refractivity contribution in [2.45, 2.75) is 6.10 Å². The van der Waals surface area contributed by atoms with Crippen molar-refractivity contribution in [1.29, 1.82) is 0 Å². The number of likely N-dealkylation sites (N-methyl/N-ethyl adjacent to an activating group) is 1. The molecule has 1 heterocycles. The lowest BCUT2D eigenvalue weighted by molar-refractivity contribution is -0.156. The Kier molecular flexibility index (Phi) is 3.74. The number of carbonyl (C=O) groups excluding carboxylic acids is 1. The number of ether oxygens (including phenoxy) is 2. The van der Waals surface area contributed by atoms with Crippen molar-refractivity contribution < 1.29 is 14.3 Å². The lowest BCUT2D eigenvalue weighted by atomic mass is 10.3. The SMILES string of the molecule is C#CCN(C)C(=O)C1COCCO1. The molecule has 1 saturated heterocycles. The van der Waals surface area contributed by atoms with Gasteiger partial charge in [-0.25, -0.2) is 0 Å². The van der Waals surface area contributed by atoms with E-state index in [-0.39, 0.29) is 5.91 Å². The molecule has 0 spiro atoms. The first kappa shape index (κ1) is 10.0. The molecule has 0 aromatic rings. The van der Waals surface area contributed by atoms with E-state index < -0.39 is 6.10 Å². The van der Waals surface area contributed by atoms with Crippen LogP contribution in [-0.2, 0) is 14.3 Å². The van der Waals surface area contributed by atoms with E-state index in [0.29, 0.717) is 26.4 Å². The number of carbonyl (C=O) groups is 1. The van der Waals surface area contributed by atoms with Crippen LogP contribution in [-0.4, -0.2) is 50.3 Å². The molecule has 0 radical (unpaired) electrons. The molecule has 1 unspecified atom stereocenters. The Labute approximate surface area is 77.8 Å². The Morgan fingerprint density at radius 2 is 2.46 bits per heavy atom. The molecule has 1 aliphatic heterocycles. The van der Waals surface area contributed by atoms with Gasteiger partial charge in [0.25, 0.3) is 5.91 Å². The van der Waals surface area contributed by atoms with E-state index in [2.05, 4.69) is 5.92 Å². The Balaban J connectivity index is 2.41. The van der Waals surface area contributed by atoms with Crippen LogP contribution >= 0.6 is 0 Å². The second-order valence-electron chi connectivity index (χ2n) is 2.83. The quantitative estimate of drug-likeness (QED) is 0.541. The van der Waals surface area contributed by atoms with Crippen LogP contribution in [0.4, 0.5) is 0 Å². The van der Waals surface area contributed by atoms with Gasteiger partial charge < -0.3 is 14.4 Å². The van der Waals surface area contributed by atoms with E-state index >= 15 is 0 Å². The number of rotatable bonds is 2. The van der Waals surface area contributed by atoms with Crippen molar-refractivity contribution in [2.24, 2.45) is 0 Å². The molecule has 1 atom stereocenters. The highest BCUT2D eigenvalue weighted by Gasteiger charge is 2.24. The second-order valence-corrected chi connectivity index (χ2v) is 2.83. The fourth-order valence-electron chi connectivity index (χ4n) is 1.09. The van der Waals surface area contributed by atoms with Gasteiger partial charge in [0.15, 0.2) is 6.10 Å². The normalized spacial score (nSPS) is 22.0. The van der Waals surface area contributed by atoms with Gasteiger partial charge in [-0.2, -0.15) is 0 Å². The minimum Gasteiger partial charge on any atom is -0.376 e. The van der Waals surface area contributed by atoms with E-state index in [1.807, 2.05) is 0 Å². The molecular weight excluding hydrogens is 170 g/mol. The Morgan fingerprint density at radius 3 is 3.00 bits per heavy atom. The summed E-state index contributed by atoms with van der Waals surface area (Å²) in [7, 11) is 1.65. The minimum atomic E-state index is -0.480. The molecule has 0 N–H and O–H groups in total. The first-order valence-electron chi connectivity index (χ1n) is 4.13. The van der Waals surface area contributed by atoms with Gasteiger partial charge in [-0.3, -0.25) is 4.79 Å². The molecule has 1 rings (SSSR count). The van der Waals surface area contributed by atoms with Crippen molar-refractivity contribution in [1.82, 2.24) is 4.90 Å². The van der Waals surface area contributed by atoms with Gasteiger partial charge in [-0.15, -0.1) is 6.42 Å². The topological polar surface area (TPSA) is 38.8 Å². The van der Waals surface area contributed by atoms with Crippen molar-refractivity contribution in [2.75, 3.05) is 33.4 Å². The van der Waals surface area contributed by atoms with Gasteiger partial charge in [-0.1, -0.05) is 5.92 Å². The van der Waals surface area contributed by atoms with Gasteiger partial charge in [0, 0.05) is 7.05 Å². The molecule has 0 saturated carbocycles. The predicted octanol–water partition coefficient (Wildman–Crippen LogP) is -0.507. The molecule has 0 aromatic heterocycles. The van der Waals surface area contributed by atoms with Crippen molar-refractivity contribution >= 4 is 5.91 Å². The number of nitrogens with zero attached hydrogens (tertiary/aromatic N) is 1. The Morgan fingerprint density at radius 1 is 1.69 bits per heavy atom. The lowest BCUT2D eigenvalue weighted by Crippen LogP contribution is -2.43. The van der Waals surface area contributed by atoms with Crippen molar-refractivity contribution in [3.05, 3.63) is 0 Å². The van der Waals surface area contributed by atoms with Gasteiger partial charge in [0.05, 0.1) is 26.4 Å². The molecular formula is C9H13NO3. The Hall–Kier alpha value is -1.05. The fourth-order valence-corrected chi connectivity index (χ4v) is 1.09. The third-order valence-electron chi connectivity index (χ3n) is 1.80. The number of terminal acetylenes is 1. The monoisotopic (exact) mass is 183 g/mol. The summed E-state index contributed by atoms with van der Waals surface area (Å²) in [5.74, 6) is 2.28. The first-order chi connectivity index (χ1) is 6.25. The standard InChI is InChI=1S/C9H13NO3/c1-3-4-10(2)9(11)8-7-12-5-6-13-8/h1,8H,4-7H2,2H3.